The predicted octanol–water partition coefficient (Wildman–Crippen LogP) is 5.22. The molecule has 1 aliphatic carbocycles. The molecule has 152 valence electrons. The van der Waals surface area contributed by atoms with Crippen molar-refractivity contribution in [2.45, 2.75) is 45.4 Å². The van der Waals surface area contributed by atoms with Crippen molar-refractivity contribution >= 4 is 23.1 Å². The summed E-state index contributed by atoms with van der Waals surface area (Å²) in [6.07, 6.45) is 6.67. The van der Waals surface area contributed by atoms with E-state index in [-0.39, 0.29) is 5.91 Å². The first-order chi connectivity index (χ1) is 14.1. The highest BCUT2D eigenvalue weighted by molar-refractivity contribution is 7.12. The van der Waals surface area contributed by atoms with E-state index in [1.165, 1.54) is 30.6 Å². The number of thiazole rings is 1. The van der Waals surface area contributed by atoms with Gasteiger partial charge in [-0.05, 0) is 49.9 Å². The molecule has 4 rings (SSSR count). The number of methoxy groups -OCH3 is 1. The lowest BCUT2D eigenvalue weighted by atomic mass is 9.87. The molecular weight excluding hydrogens is 384 g/mol. The van der Waals surface area contributed by atoms with Gasteiger partial charge in [-0.2, -0.15) is 9.78 Å². The van der Waals surface area contributed by atoms with E-state index >= 15 is 0 Å². The van der Waals surface area contributed by atoms with Crippen LogP contribution in [0, 0.1) is 12.8 Å². The van der Waals surface area contributed by atoms with Gasteiger partial charge in [-0.25, -0.2) is 4.98 Å². The lowest BCUT2D eigenvalue weighted by Crippen LogP contribution is -2.19. The highest BCUT2D eigenvalue weighted by Gasteiger charge is 2.19. The molecule has 1 aliphatic rings. The Morgan fingerprint density at radius 1 is 1.24 bits per heavy atom. The fourth-order valence-electron chi connectivity index (χ4n) is 3.84. The molecule has 0 unspecified atom stereocenters. The summed E-state index contributed by atoms with van der Waals surface area (Å²) in [6, 6.07) is 9.71. The number of ether oxygens (including phenoxy) is 1. The maximum Gasteiger partial charge on any atom is 0.225 e. The third kappa shape index (κ3) is 4.67. The number of nitrogens with one attached hydrogen (secondary N) is 1. The molecule has 0 bridgehead atoms. The maximum atomic E-state index is 12.6. The minimum absolute atomic E-state index is 0.0602. The van der Waals surface area contributed by atoms with Crippen LogP contribution >= 0.6 is 11.3 Å². The zero-order valence-corrected chi connectivity index (χ0v) is 17.7. The van der Waals surface area contributed by atoms with Gasteiger partial charge in [-0.15, -0.1) is 11.3 Å². The molecule has 7 heteroatoms. The van der Waals surface area contributed by atoms with Crippen molar-refractivity contribution in [3.63, 3.8) is 0 Å². The van der Waals surface area contributed by atoms with Crippen LogP contribution < -0.4 is 10.1 Å². The highest BCUT2D eigenvalue weighted by Crippen LogP contribution is 2.29. The van der Waals surface area contributed by atoms with Gasteiger partial charge < -0.3 is 10.1 Å². The molecular formula is C22H26N4O2S. The number of rotatable bonds is 6. The van der Waals surface area contributed by atoms with Crippen LogP contribution in [0.5, 0.6) is 5.75 Å². The largest absolute Gasteiger partial charge is 0.497 e. The Balaban J connectivity index is 1.50. The van der Waals surface area contributed by atoms with E-state index in [0.717, 1.165) is 40.7 Å². The summed E-state index contributed by atoms with van der Waals surface area (Å²) in [5.74, 6) is 2.06. The highest BCUT2D eigenvalue weighted by atomic mass is 32.1. The van der Waals surface area contributed by atoms with E-state index < -0.39 is 0 Å². The van der Waals surface area contributed by atoms with Crippen molar-refractivity contribution in [2.24, 2.45) is 5.92 Å². The van der Waals surface area contributed by atoms with Gasteiger partial charge in [0, 0.05) is 23.4 Å². The summed E-state index contributed by atoms with van der Waals surface area (Å²) < 4.78 is 6.95. The van der Waals surface area contributed by atoms with Crippen molar-refractivity contribution in [1.82, 2.24) is 14.8 Å². The molecule has 1 amide bonds. The van der Waals surface area contributed by atoms with Gasteiger partial charge in [0.25, 0.3) is 0 Å². The van der Waals surface area contributed by atoms with Gasteiger partial charge in [-0.1, -0.05) is 19.3 Å². The topological polar surface area (TPSA) is 69.0 Å². The number of anilines is 1. The Kier molecular flexibility index (Phi) is 5.94. The Hall–Kier alpha value is -2.67. The monoisotopic (exact) mass is 410 g/mol. The molecule has 1 saturated carbocycles. The SMILES string of the molecule is COc1ccc(-c2csc(-n3nc(C)cc3NC(=O)CC3CCCCC3)n2)cc1. The van der Waals surface area contributed by atoms with Gasteiger partial charge in [0.05, 0.1) is 18.5 Å². The Morgan fingerprint density at radius 2 is 2.00 bits per heavy atom. The number of hydrogen-bond acceptors (Lipinski definition) is 5. The molecule has 0 atom stereocenters. The third-order valence-corrected chi connectivity index (χ3v) is 6.17. The summed E-state index contributed by atoms with van der Waals surface area (Å²) >= 11 is 1.50. The first-order valence-electron chi connectivity index (χ1n) is 10.1. The number of aryl methyl sites for hydroxylation is 1. The van der Waals surface area contributed by atoms with Crippen LogP contribution in [-0.2, 0) is 4.79 Å². The summed E-state index contributed by atoms with van der Waals surface area (Å²) in [5, 5.41) is 10.3. The smallest absolute Gasteiger partial charge is 0.225 e. The van der Waals surface area contributed by atoms with E-state index in [1.54, 1.807) is 11.8 Å². The minimum Gasteiger partial charge on any atom is -0.497 e. The average molecular weight is 411 g/mol. The molecule has 2 heterocycles. The fraction of sp³-hybridized carbons (Fsp3) is 0.409. The Labute approximate surface area is 174 Å². The minimum atomic E-state index is 0.0602. The third-order valence-electron chi connectivity index (χ3n) is 5.36. The maximum absolute atomic E-state index is 12.6. The zero-order valence-electron chi connectivity index (χ0n) is 16.9. The second-order valence-electron chi connectivity index (χ2n) is 7.58. The fourth-order valence-corrected chi connectivity index (χ4v) is 4.63. The number of nitrogens with zero attached hydrogens (tertiary/aromatic N) is 3. The normalized spacial score (nSPS) is 14.7. The summed E-state index contributed by atoms with van der Waals surface area (Å²) in [5.41, 5.74) is 2.74. The molecule has 29 heavy (non-hydrogen) atoms. The van der Waals surface area contributed by atoms with E-state index in [1.807, 2.05) is 42.6 Å². The van der Waals surface area contributed by atoms with Gasteiger partial charge in [0.1, 0.15) is 11.6 Å². The lowest BCUT2D eigenvalue weighted by molar-refractivity contribution is -0.117. The molecule has 0 aliphatic heterocycles. The van der Waals surface area contributed by atoms with E-state index in [0.29, 0.717) is 18.2 Å². The average Bonchev–Trinajstić information content (AvgIpc) is 3.35. The van der Waals surface area contributed by atoms with E-state index in [4.69, 9.17) is 9.72 Å². The second-order valence-corrected chi connectivity index (χ2v) is 8.42. The molecule has 1 fully saturated rings. The standard InChI is InChI=1S/C22H26N4O2S/c1-15-12-20(24-21(27)13-16-6-4-3-5-7-16)26(25-15)22-23-19(14-29-22)17-8-10-18(28-2)11-9-17/h8-12,14,16H,3-7,13H2,1-2H3,(H,24,27). The molecule has 6 nitrogen and oxygen atoms in total. The number of benzene rings is 1. The Morgan fingerprint density at radius 3 is 2.72 bits per heavy atom. The van der Waals surface area contributed by atoms with Crippen LogP contribution in [0.1, 0.15) is 44.2 Å². The van der Waals surface area contributed by atoms with Gasteiger partial charge in [0.15, 0.2) is 0 Å². The summed E-state index contributed by atoms with van der Waals surface area (Å²) in [7, 11) is 1.65. The van der Waals surface area contributed by atoms with Crippen molar-refractivity contribution in [3.05, 3.63) is 41.4 Å². The van der Waals surface area contributed by atoms with Crippen LogP contribution in [0.2, 0.25) is 0 Å². The van der Waals surface area contributed by atoms with E-state index in [2.05, 4.69) is 10.4 Å². The van der Waals surface area contributed by atoms with Crippen LogP contribution in [0.15, 0.2) is 35.7 Å². The molecule has 1 aromatic carbocycles. The molecule has 0 spiro atoms. The summed E-state index contributed by atoms with van der Waals surface area (Å²) in [4.78, 5) is 17.3. The van der Waals surface area contributed by atoms with Crippen LogP contribution in [-0.4, -0.2) is 27.8 Å². The lowest BCUT2D eigenvalue weighted by Gasteiger charge is -2.20. The quantitative estimate of drug-likeness (QED) is 0.605. The first-order valence-corrected chi connectivity index (χ1v) is 11.0. The number of carbonyl (C=O) groups excluding carboxylic acids is 1. The van der Waals surface area contributed by atoms with Crippen molar-refractivity contribution < 1.29 is 9.53 Å². The summed E-state index contributed by atoms with van der Waals surface area (Å²) in [6.45, 7) is 1.92. The van der Waals surface area contributed by atoms with Gasteiger partial charge in [-0.3, -0.25) is 4.79 Å². The van der Waals surface area contributed by atoms with Crippen LogP contribution in [0.25, 0.3) is 16.4 Å². The number of aromatic nitrogens is 3. The van der Waals surface area contributed by atoms with E-state index in [9.17, 15) is 4.79 Å². The Bertz CT molecular complexity index is 971. The zero-order chi connectivity index (χ0) is 20.2. The van der Waals surface area contributed by atoms with Crippen LogP contribution in [0.4, 0.5) is 5.82 Å². The van der Waals surface area contributed by atoms with Crippen molar-refractivity contribution in [3.8, 4) is 22.1 Å². The molecule has 3 aromatic rings. The van der Waals surface area contributed by atoms with Gasteiger partial charge >= 0.3 is 0 Å². The molecule has 1 N–H and O–H groups in total. The number of carbonyl (C=O) groups is 1. The first kappa shape index (κ1) is 19.6. The second kappa shape index (κ2) is 8.78. The van der Waals surface area contributed by atoms with Crippen molar-refractivity contribution in [2.75, 3.05) is 12.4 Å². The van der Waals surface area contributed by atoms with Crippen LogP contribution in [0.3, 0.4) is 0 Å². The number of hydrogen-bond donors (Lipinski definition) is 1. The van der Waals surface area contributed by atoms with Gasteiger partial charge in [0.2, 0.25) is 11.0 Å². The van der Waals surface area contributed by atoms with Crippen molar-refractivity contribution in [1.29, 1.82) is 0 Å². The molecule has 2 aromatic heterocycles. The molecule has 0 saturated heterocycles. The number of amides is 1. The molecule has 0 radical (unpaired) electrons. The predicted molar refractivity (Wildman–Crippen MR) is 116 cm³/mol.